The first kappa shape index (κ1) is 27.4. The van der Waals surface area contributed by atoms with Crippen molar-refractivity contribution in [2.24, 2.45) is 0 Å². The molecule has 1 aromatic rings. The van der Waals surface area contributed by atoms with Crippen LogP contribution in [0, 0.1) is 0 Å². The number of halogens is 2. The molecule has 0 radical (unpaired) electrons. The lowest BCUT2D eigenvalue weighted by atomic mass is 10.1. The van der Waals surface area contributed by atoms with E-state index in [4.69, 9.17) is 14.6 Å². The summed E-state index contributed by atoms with van der Waals surface area (Å²) in [6.07, 6.45) is 0.0549. The largest absolute Gasteiger partial charge is 1.00 e. The van der Waals surface area contributed by atoms with E-state index in [1.807, 2.05) is 0 Å². The van der Waals surface area contributed by atoms with E-state index in [2.05, 4.69) is 11.2 Å². The van der Waals surface area contributed by atoms with Crippen LogP contribution < -0.4 is 40.8 Å². The zero-order valence-electron chi connectivity index (χ0n) is 14.6. The van der Waals surface area contributed by atoms with Crippen LogP contribution in [0.15, 0.2) is 24.3 Å². The summed E-state index contributed by atoms with van der Waals surface area (Å²) in [5.41, 5.74) is 8.07. The van der Waals surface area contributed by atoms with E-state index in [1.165, 1.54) is 0 Å². The number of aliphatic hydroxyl groups is 1. The van der Waals surface area contributed by atoms with Gasteiger partial charge in [-0.1, -0.05) is 18.2 Å². The quantitative estimate of drug-likeness (QED) is 0.202. The van der Waals surface area contributed by atoms with Gasteiger partial charge in [-0.05, 0) is 11.6 Å². The van der Waals surface area contributed by atoms with Crippen molar-refractivity contribution >= 4 is 13.3 Å². The van der Waals surface area contributed by atoms with Crippen LogP contribution in [0.3, 0.4) is 0 Å². The fourth-order valence-corrected chi connectivity index (χ4v) is 3.71. The molecular formula is C15H27Cl2N2O6P. The maximum atomic E-state index is 12.7. The second-order valence-electron chi connectivity index (χ2n) is 5.57. The minimum Gasteiger partial charge on any atom is -1.00 e. The molecule has 0 aromatic heterocycles. The second-order valence-corrected chi connectivity index (χ2v) is 8.61. The number of rotatable bonds is 11. The molecule has 0 fully saturated rings. The van der Waals surface area contributed by atoms with Crippen LogP contribution >= 0.6 is 7.29 Å². The number of aliphatic hydroxyl groups excluding tert-OH is 1. The Kier molecular flexibility index (Phi) is 14.0. The molecule has 1 aromatic carbocycles. The average Bonchev–Trinajstić information content (AvgIpc) is 2.54. The van der Waals surface area contributed by atoms with E-state index in [0.717, 1.165) is 0 Å². The third kappa shape index (κ3) is 8.68. The van der Waals surface area contributed by atoms with Gasteiger partial charge >= 0.3 is 13.3 Å². The Balaban J connectivity index is 0. The maximum Gasteiger partial charge on any atom is 0.325 e. The summed E-state index contributed by atoms with van der Waals surface area (Å²) in [7, 11) is -1.72. The molecule has 11 heteroatoms. The Bertz CT molecular complexity index is 593. The highest BCUT2D eigenvalue weighted by atomic mass is 35.5. The molecule has 3 atom stereocenters. The molecule has 0 aliphatic heterocycles. The number of para-hydroxylation sites is 1. The SMILES string of the molecule is COCCOc1ccccc1CC(O)P([NH3+])(=O)C([NH3+])CCC(=O)O.[Cl-].[Cl-]. The van der Waals surface area contributed by atoms with Gasteiger partial charge in [0.05, 0.1) is 13.0 Å². The molecule has 0 amide bonds. The molecule has 0 aliphatic carbocycles. The minimum absolute atomic E-state index is 0. The standard InChI is InChI=1S/C15H25N2O6P.2ClH/c1-22-8-9-23-12-5-3-2-4-11(12)10-15(20)24(17,21)13(16)6-7-14(18)19;;/h2-5,13,15,20H,6-10,16H2,1H3,(H2,17,21)(H,18,19);2*1H. The highest BCUT2D eigenvalue weighted by Gasteiger charge is 2.41. The first-order valence-electron chi connectivity index (χ1n) is 7.65. The molecule has 0 saturated carbocycles. The lowest BCUT2D eigenvalue weighted by Crippen LogP contribution is -3.00. The van der Waals surface area contributed by atoms with Gasteiger partial charge in [-0.3, -0.25) is 4.79 Å². The Labute approximate surface area is 165 Å². The number of hydrogen-bond donors (Lipinski definition) is 4. The lowest BCUT2D eigenvalue weighted by molar-refractivity contribution is -0.403. The predicted octanol–water partition coefficient (Wildman–Crippen LogP) is -6.47. The highest BCUT2D eigenvalue weighted by molar-refractivity contribution is 7.57. The lowest BCUT2D eigenvalue weighted by Gasteiger charge is -2.20. The Hall–Kier alpha value is -0.860. The van der Waals surface area contributed by atoms with Crippen molar-refractivity contribution in [2.45, 2.75) is 30.9 Å². The Morgan fingerprint density at radius 3 is 2.46 bits per heavy atom. The summed E-state index contributed by atoms with van der Waals surface area (Å²) < 4.78 is 23.2. The van der Waals surface area contributed by atoms with Gasteiger partial charge in [-0.25, -0.2) is 4.57 Å². The fourth-order valence-electron chi connectivity index (χ4n) is 2.15. The van der Waals surface area contributed by atoms with Crippen molar-refractivity contribution in [3.63, 3.8) is 0 Å². The summed E-state index contributed by atoms with van der Waals surface area (Å²) in [6, 6.07) is 7.14. The van der Waals surface area contributed by atoms with Crippen LogP contribution in [0.2, 0.25) is 0 Å². The normalized spacial score (nSPS) is 14.9. The number of methoxy groups -OCH3 is 1. The third-order valence-electron chi connectivity index (χ3n) is 3.73. The van der Waals surface area contributed by atoms with Gasteiger partial charge in [0.25, 0.3) is 0 Å². The van der Waals surface area contributed by atoms with Gasteiger partial charge in [-0.2, -0.15) is 0 Å². The summed E-state index contributed by atoms with van der Waals surface area (Å²) >= 11 is 0. The van der Waals surface area contributed by atoms with E-state index in [-0.39, 0.29) is 44.1 Å². The van der Waals surface area contributed by atoms with Crippen molar-refractivity contribution in [1.29, 1.82) is 0 Å². The predicted molar refractivity (Wildman–Crippen MR) is 87.6 cm³/mol. The first-order valence-corrected chi connectivity index (χ1v) is 9.68. The van der Waals surface area contributed by atoms with Gasteiger partial charge in [0.1, 0.15) is 12.4 Å². The molecule has 26 heavy (non-hydrogen) atoms. The number of hydrogen-bond acceptors (Lipinski definition) is 5. The van der Waals surface area contributed by atoms with Gasteiger partial charge in [0.15, 0.2) is 11.6 Å². The molecule has 0 spiro atoms. The topological polar surface area (TPSA) is 148 Å². The number of ether oxygens (including phenoxy) is 2. The smallest absolute Gasteiger partial charge is 0.325 e. The van der Waals surface area contributed by atoms with Crippen LogP contribution in [-0.4, -0.2) is 48.1 Å². The van der Waals surface area contributed by atoms with Crippen LogP contribution in [0.25, 0.3) is 0 Å². The zero-order valence-corrected chi connectivity index (χ0v) is 17.1. The van der Waals surface area contributed by atoms with Crippen molar-refractivity contribution in [2.75, 3.05) is 20.3 Å². The number of benzene rings is 1. The van der Waals surface area contributed by atoms with E-state index in [1.54, 1.807) is 31.4 Å². The molecule has 152 valence electrons. The van der Waals surface area contributed by atoms with Gasteiger partial charge in [-0.15, -0.1) is 0 Å². The van der Waals surface area contributed by atoms with Crippen LogP contribution in [0.4, 0.5) is 0 Å². The molecule has 8 nitrogen and oxygen atoms in total. The summed E-state index contributed by atoms with van der Waals surface area (Å²) in [5, 5.41) is 19.1. The van der Waals surface area contributed by atoms with E-state index >= 15 is 0 Å². The molecule has 0 saturated heterocycles. The van der Waals surface area contributed by atoms with Crippen molar-refractivity contribution < 1.29 is 65.1 Å². The Morgan fingerprint density at radius 1 is 1.27 bits per heavy atom. The molecule has 1 rings (SSSR count). The number of quaternary nitrogens is 2. The van der Waals surface area contributed by atoms with E-state index in [0.29, 0.717) is 24.5 Å². The average molecular weight is 433 g/mol. The molecule has 0 heterocycles. The second kappa shape index (κ2) is 13.3. The molecule has 8 N–H and O–H groups in total. The van der Waals surface area contributed by atoms with E-state index < -0.39 is 24.9 Å². The number of carboxylic acids is 1. The van der Waals surface area contributed by atoms with Gasteiger partial charge < -0.3 is 55.7 Å². The fraction of sp³-hybridized carbons (Fsp3) is 0.533. The molecule has 0 aliphatic rings. The summed E-state index contributed by atoms with van der Waals surface area (Å²) in [4.78, 5) is 10.6. The first-order chi connectivity index (χ1) is 11.3. The molecular weight excluding hydrogens is 406 g/mol. The van der Waals surface area contributed by atoms with Crippen LogP contribution in [0.1, 0.15) is 18.4 Å². The summed E-state index contributed by atoms with van der Waals surface area (Å²) in [5.74, 6) is -2.33. The monoisotopic (exact) mass is 432 g/mol. The number of carboxylic acid groups (broad SMARTS) is 1. The maximum absolute atomic E-state index is 12.7. The van der Waals surface area contributed by atoms with Crippen molar-refractivity contribution in [3.05, 3.63) is 29.8 Å². The zero-order chi connectivity index (χ0) is 18.2. The van der Waals surface area contributed by atoms with E-state index in [9.17, 15) is 14.5 Å². The van der Waals surface area contributed by atoms with Gasteiger partial charge in [0, 0.05) is 20.0 Å². The Morgan fingerprint density at radius 2 is 1.88 bits per heavy atom. The van der Waals surface area contributed by atoms with Crippen molar-refractivity contribution in [3.8, 4) is 5.75 Å². The molecule has 0 bridgehead atoms. The highest BCUT2D eigenvalue weighted by Crippen LogP contribution is 2.44. The minimum atomic E-state index is -3.30. The molecule has 3 unspecified atom stereocenters. The summed E-state index contributed by atoms with van der Waals surface area (Å²) in [6.45, 7) is 0.795. The third-order valence-corrected chi connectivity index (χ3v) is 6.42. The van der Waals surface area contributed by atoms with Crippen molar-refractivity contribution in [1.82, 2.24) is 0 Å². The number of carbonyl (C=O) groups is 1. The van der Waals surface area contributed by atoms with Crippen LogP contribution in [-0.2, 0) is 20.5 Å². The number of aliphatic carboxylic acids is 1. The van der Waals surface area contributed by atoms with Gasteiger partial charge in [0.2, 0.25) is 0 Å². The van der Waals surface area contributed by atoms with Crippen LogP contribution in [0.5, 0.6) is 5.75 Å².